The molecule has 150 valence electrons. The Hall–Kier alpha value is -1.80. The van der Waals surface area contributed by atoms with Crippen molar-refractivity contribution in [2.24, 2.45) is 0 Å². The number of carbonyl (C=O) groups excluding carboxylic acids is 1. The SMILES string of the molecule is COc1ccc2nc(N(CCN(C)C)C(=O)c3ccccc3SC)sc2c1.Cl. The van der Waals surface area contributed by atoms with Gasteiger partial charge >= 0.3 is 0 Å². The van der Waals surface area contributed by atoms with Gasteiger partial charge in [-0.1, -0.05) is 23.5 Å². The van der Waals surface area contributed by atoms with Crippen LogP contribution in [0.5, 0.6) is 5.75 Å². The van der Waals surface area contributed by atoms with Crippen molar-refractivity contribution in [2.75, 3.05) is 45.5 Å². The summed E-state index contributed by atoms with van der Waals surface area (Å²) in [6, 6.07) is 13.5. The maximum absolute atomic E-state index is 13.4. The molecule has 1 aromatic heterocycles. The van der Waals surface area contributed by atoms with Gasteiger partial charge in [-0.3, -0.25) is 9.69 Å². The highest BCUT2D eigenvalue weighted by atomic mass is 35.5. The minimum absolute atomic E-state index is 0. The molecule has 0 saturated heterocycles. The second kappa shape index (κ2) is 10.1. The number of anilines is 1. The molecule has 0 atom stereocenters. The molecule has 0 aliphatic rings. The first-order valence-electron chi connectivity index (χ1n) is 8.57. The number of hydrogen-bond acceptors (Lipinski definition) is 6. The normalized spacial score (nSPS) is 10.8. The molecule has 0 spiro atoms. The predicted octanol–water partition coefficient (Wildman–Crippen LogP) is 4.66. The largest absolute Gasteiger partial charge is 0.497 e. The van der Waals surface area contributed by atoms with Crippen LogP contribution in [-0.2, 0) is 0 Å². The number of amides is 1. The molecule has 2 aromatic carbocycles. The zero-order valence-electron chi connectivity index (χ0n) is 16.3. The first-order chi connectivity index (χ1) is 13.0. The van der Waals surface area contributed by atoms with E-state index in [0.717, 1.165) is 27.4 Å². The van der Waals surface area contributed by atoms with E-state index in [1.807, 2.05) is 62.8 Å². The molecule has 0 N–H and O–H groups in total. The standard InChI is InChI=1S/C20H23N3O2S2.ClH/c1-22(2)11-12-23(19(24)15-7-5-6-8-17(15)26-4)20-21-16-10-9-14(25-3)13-18(16)27-20;/h5-10,13H,11-12H2,1-4H3;1H. The first-order valence-corrected chi connectivity index (χ1v) is 10.6. The molecule has 1 heterocycles. The molecule has 3 rings (SSSR count). The molecule has 0 bridgehead atoms. The lowest BCUT2D eigenvalue weighted by molar-refractivity contribution is 0.0982. The number of ether oxygens (including phenoxy) is 1. The number of carbonyl (C=O) groups is 1. The van der Waals surface area contributed by atoms with Crippen LogP contribution in [0.25, 0.3) is 10.2 Å². The van der Waals surface area contributed by atoms with E-state index in [1.54, 1.807) is 23.8 Å². The third kappa shape index (κ3) is 4.97. The number of aromatic nitrogens is 1. The summed E-state index contributed by atoms with van der Waals surface area (Å²) in [5.41, 5.74) is 1.58. The van der Waals surface area contributed by atoms with Gasteiger partial charge in [0.15, 0.2) is 5.13 Å². The highest BCUT2D eigenvalue weighted by Gasteiger charge is 2.23. The summed E-state index contributed by atoms with van der Waals surface area (Å²) >= 11 is 3.09. The molecule has 5 nitrogen and oxygen atoms in total. The molecule has 0 aliphatic carbocycles. The molecule has 0 radical (unpaired) electrons. The zero-order chi connectivity index (χ0) is 19.4. The second-order valence-corrected chi connectivity index (χ2v) is 8.15. The number of nitrogens with zero attached hydrogens (tertiary/aromatic N) is 3. The van der Waals surface area contributed by atoms with Gasteiger partial charge in [0, 0.05) is 18.0 Å². The highest BCUT2D eigenvalue weighted by molar-refractivity contribution is 7.98. The van der Waals surface area contributed by atoms with E-state index < -0.39 is 0 Å². The molecule has 8 heteroatoms. The molecule has 0 aliphatic heterocycles. The average molecular weight is 438 g/mol. The number of benzene rings is 2. The Balaban J connectivity index is 0.00000280. The van der Waals surface area contributed by atoms with E-state index >= 15 is 0 Å². The van der Waals surface area contributed by atoms with Crippen LogP contribution in [0.3, 0.4) is 0 Å². The molecule has 0 saturated carbocycles. The van der Waals surface area contributed by atoms with Crippen LogP contribution in [0.4, 0.5) is 5.13 Å². The van der Waals surface area contributed by atoms with Crippen molar-refractivity contribution in [3.63, 3.8) is 0 Å². The van der Waals surface area contributed by atoms with Crippen molar-refractivity contribution >= 4 is 56.8 Å². The molecule has 3 aromatic rings. The van der Waals surface area contributed by atoms with E-state index in [1.165, 1.54) is 11.3 Å². The topological polar surface area (TPSA) is 45.7 Å². The summed E-state index contributed by atoms with van der Waals surface area (Å²) in [5.74, 6) is 0.768. The summed E-state index contributed by atoms with van der Waals surface area (Å²) in [7, 11) is 5.65. The number of hydrogen-bond donors (Lipinski definition) is 0. The van der Waals surface area contributed by atoms with Crippen LogP contribution in [-0.4, -0.2) is 56.3 Å². The van der Waals surface area contributed by atoms with E-state index in [0.29, 0.717) is 17.2 Å². The minimum Gasteiger partial charge on any atom is -0.497 e. The van der Waals surface area contributed by atoms with Gasteiger partial charge in [0.25, 0.3) is 5.91 Å². The van der Waals surface area contributed by atoms with Crippen LogP contribution in [0.2, 0.25) is 0 Å². The quantitative estimate of drug-likeness (QED) is 0.503. The molecular formula is C20H24ClN3O2S2. The summed E-state index contributed by atoms with van der Waals surface area (Å²) in [6.07, 6.45) is 1.99. The molecule has 0 unspecified atom stereocenters. The monoisotopic (exact) mass is 437 g/mol. The third-order valence-corrected chi connectivity index (χ3v) is 6.01. The Bertz CT molecular complexity index is 946. The van der Waals surface area contributed by atoms with Gasteiger partial charge in [-0.05, 0) is 50.7 Å². The first kappa shape index (κ1) is 22.5. The lowest BCUT2D eigenvalue weighted by atomic mass is 10.2. The Morgan fingerprint density at radius 2 is 1.93 bits per heavy atom. The van der Waals surface area contributed by atoms with E-state index in [9.17, 15) is 4.79 Å². The van der Waals surface area contributed by atoms with Gasteiger partial charge in [-0.2, -0.15) is 0 Å². The number of rotatable bonds is 7. The van der Waals surface area contributed by atoms with Gasteiger partial charge in [0.1, 0.15) is 5.75 Å². The smallest absolute Gasteiger partial charge is 0.261 e. The van der Waals surface area contributed by atoms with E-state index in [4.69, 9.17) is 9.72 Å². The Labute approximate surface area is 180 Å². The van der Waals surface area contributed by atoms with Crippen molar-refractivity contribution in [3.8, 4) is 5.75 Å². The number of methoxy groups -OCH3 is 1. The molecule has 28 heavy (non-hydrogen) atoms. The van der Waals surface area contributed by atoms with Crippen molar-refractivity contribution < 1.29 is 9.53 Å². The maximum atomic E-state index is 13.4. The van der Waals surface area contributed by atoms with Gasteiger partial charge < -0.3 is 9.64 Å². The van der Waals surface area contributed by atoms with Crippen LogP contribution in [0.1, 0.15) is 10.4 Å². The number of likely N-dealkylation sites (N-methyl/N-ethyl adjacent to an activating group) is 1. The van der Waals surface area contributed by atoms with Crippen LogP contribution < -0.4 is 9.64 Å². The lowest BCUT2D eigenvalue weighted by Crippen LogP contribution is -2.37. The van der Waals surface area contributed by atoms with Gasteiger partial charge in [-0.15, -0.1) is 24.2 Å². The Morgan fingerprint density at radius 3 is 2.61 bits per heavy atom. The number of fused-ring (bicyclic) bond motifs is 1. The zero-order valence-corrected chi connectivity index (χ0v) is 18.8. The van der Waals surface area contributed by atoms with Gasteiger partial charge in [0.05, 0.1) is 22.9 Å². The summed E-state index contributed by atoms with van der Waals surface area (Å²) < 4.78 is 6.31. The molecule has 0 fully saturated rings. The molecular weight excluding hydrogens is 414 g/mol. The minimum atomic E-state index is -0.0205. The number of halogens is 1. The van der Waals surface area contributed by atoms with Gasteiger partial charge in [-0.25, -0.2) is 4.98 Å². The predicted molar refractivity (Wildman–Crippen MR) is 122 cm³/mol. The Morgan fingerprint density at radius 1 is 1.18 bits per heavy atom. The third-order valence-electron chi connectivity index (χ3n) is 4.17. The van der Waals surface area contributed by atoms with Crippen molar-refractivity contribution in [1.82, 2.24) is 9.88 Å². The second-order valence-electron chi connectivity index (χ2n) is 6.29. The summed E-state index contributed by atoms with van der Waals surface area (Å²) in [4.78, 5) is 22.9. The maximum Gasteiger partial charge on any atom is 0.261 e. The van der Waals surface area contributed by atoms with Crippen LogP contribution in [0.15, 0.2) is 47.4 Å². The fourth-order valence-corrected chi connectivity index (χ4v) is 4.29. The van der Waals surface area contributed by atoms with Gasteiger partial charge in [0.2, 0.25) is 0 Å². The van der Waals surface area contributed by atoms with Crippen LogP contribution in [0, 0.1) is 0 Å². The average Bonchev–Trinajstić information content (AvgIpc) is 3.10. The number of thioether (sulfide) groups is 1. The molecule has 1 amide bonds. The van der Waals surface area contributed by atoms with E-state index in [-0.39, 0.29) is 18.3 Å². The van der Waals surface area contributed by atoms with E-state index in [2.05, 4.69) is 4.90 Å². The summed E-state index contributed by atoms with van der Waals surface area (Å²) in [6.45, 7) is 1.33. The highest BCUT2D eigenvalue weighted by Crippen LogP contribution is 2.33. The summed E-state index contributed by atoms with van der Waals surface area (Å²) in [5, 5.41) is 0.709. The number of thiazole rings is 1. The Kier molecular flexibility index (Phi) is 8.12. The van der Waals surface area contributed by atoms with Crippen molar-refractivity contribution in [1.29, 1.82) is 0 Å². The lowest BCUT2D eigenvalue weighted by Gasteiger charge is -2.22. The van der Waals surface area contributed by atoms with Crippen molar-refractivity contribution in [3.05, 3.63) is 48.0 Å². The van der Waals surface area contributed by atoms with Crippen LogP contribution >= 0.6 is 35.5 Å². The fourth-order valence-electron chi connectivity index (χ4n) is 2.69. The fraction of sp³-hybridized carbons (Fsp3) is 0.300. The van der Waals surface area contributed by atoms with Crippen molar-refractivity contribution in [2.45, 2.75) is 4.90 Å².